The molecule has 2 atom stereocenters. The van der Waals surface area contributed by atoms with Gasteiger partial charge in [0.15, 0.2) is 11.5 Å². The average molecular weight is 523 g/mol. The maximum Gasteiger partial charge on any atom is 0.240 e. The Morgan fingerprint density at radius 1 is 1.08 bits per heavy atom. The van der Waals surface area contributed by atoms with E-state index in [1.165, 1.54) is 0 Å². The molecule has 2 aromatic carbocycles. The van der Waals surface area contributed by atoms with E-state index in [1.807, 2.05) is 66.1 Å². The number of nitrogens with zero attached hydrogens (tertiary/aromatic N) is 3. The molecule has 9 heteroatoms. The predicted molar refractivity (Wildman–Crippen MR) is 143 cm³/mol. The number of piperazine rings is 1. The van der Waals surface area contributed by atoms with E-state index in [0.717, 1.165) is 41.5 Å². The topological polar surface area (TPSA) is 83.6 Å². The number of ether oxygens (including phenoxy) is 3. The molecule has 1 N–H and O–H groups in total. The first-order valence-electron chi connectivity index (χ1n) is 13.5. The summed E-state index contributed by atoms with van der Waals surface area (Å²) in [6.45, 7) is 8.81. The molecule has 204 valence electrons. The van der Waals surface area contributed by atoms with Gasteiger partial charge in [0.2, 0.25) is 18.6 Å². The first-order chi connectivity index (χ1) is 18.4. The summed E-state index contributed by atoms with van der Waals surface area (Å²) in [5, 5.41) is 3.33. The molecule has 3 heterocycles. The molecule has 0 saturated carbocycles. The largest absolute Gasteiger partial charge is 0.497 e. The van der Waals surface area contributed by atoms with Crippen LogP contribution in [0.15, 0.2) is 42.5 Å². The van der Waals surface area contributed by atoms with Crippen LogP contribution in [0.3, 0.4) is 0 Å². The summed E-state index contributed by atoms with van der Waals surface area (Å²) in [5.74, 6) is 2.34. The van der Waals surface area contributed by atoms with Crippen LogP contribution in [0.4, 0.5) is 0 Å². The van der Waals surface area contributed by atoms with Crippen LogP contribution >= 0.6 is 0 Å². The van der Waals surface area contributed by atoms with E-state index in [4.69, 9.17) is 14.2 Å². The second kappa shape index (κ2) is 11.6. The molecule has 0 radical (unpaired) electrons. The molecule has 2 amide bonds. The Morgan fingerprint density at radius 2 is 1.87 bits per heavy atom. The molecule has 9 nitrogen and oxygen atoms in total. The van der Waals surface area contributed by atoms with Gasteiger partial charge in [-0.25, -0.2) is 0 Å². The average Bonchev–Trinajstić information content (AvgIpc) is 3.58. The van der Waals surface area contributed by atoms with Gasteiger partial charge in [0.05, 0.1) is 13.2 Å². The molecule has 0 aromatic heterocycles. The Kier molecular flexibility index (Phi) is 8.04. The molecule has 2 aromatic rings. The minimum atomic E-state index is -0.295. The molecular weight excluding hydrogens is 484 g/mol. The molecule has 3 aliphatic heterocycles. The van der Waals surface area contributed by atoms with Crippen molar-refractivity contribution in [1.82, 2.24) is 20.0 Å². The normalized spacial score (nSPS) is 21.1. The minimum absolute atomic E-state index is 0.0815. The van der Waals surface area contributed by atoms with Crippen molar-refractivity contribution in [2.75, 3.05) is 46.6 Å². The summed E-state index contributed by atoms with van der Waals surface area (Å²) in [6, 6.07) is 13.4. The standard InChI is InChI=1S/C29H38N4O5/c1-20(2)28(34)33(17-21-5-4-6-24(13-21)36-3)23-15-25(29(35)31-11-9-30-10-12-31)32(18-23)16-22-7-8-26-27(14-22)38-19-37-26/h4-8,13-14,20,23,25,30H,9-12,15-19H2,1-3H3. The highest BCUT2D eigenvalue weighted by molar-refractivity contribution is 5.83. The van der Waals surface area contributed by atoms with Gasteiger partial charge in [-0.1, -0.05) is 32.0 Å². The van der Waals surface area contributed by atoms with E-state index in [0.29, 0.717) is 39.1 Å². The highest BCUT2D eigenvalue weighted by atomic mass is 16.7. The lowest BCUT2D eigenvalue weighted by Gasteiger charge is -2.32. The fourth-order valence-electron chi connectivity index (χ4n) is 5.59. The van der Waals surface area contributed by atoms with Gasteiger partial charge in [-0.15, -0.1) is 0 Å². The van der Waals surface area contributed by atoms with Crippen molar-refractivity contribution in [2.24, 2.45) is 5.92 Å². The molecular formula is C29H38N4O5. The molecule has 0 bridgehead atoms. The van der Waals surface area contributed by atoms with Crippen LogP contribution < -0.4 is 19.5 Å². The van der Waals surface area contributed by atoms with Crippen molar-refractivity contribution in [3.8, 4) is 17.2 Å². The number of hydrogen-bond donors (Lipinski definition) is 1. The first kappa shape index (κ1) is 26.3. The van der Waals surface area contributed by atoms with Crippen LogP contribution in [-0.4, -0.2) is 85.2 Å². The number of hydrogen-bond acceptors (Lipinski definition) is 7. The number of methoxy groups -OCH3 is 1. The van der Waals surface area contributed by atoms with Gasteiger partial charge < -0.3 is 29.3 Å². The molecule has 5 rings (SSSR count). The molecule has 0 spiro atoms. The summed E-state index contributed by atoms with van der Waals surface area (Å²) < 4.78 is 16.5. The smallest absolute Gasteiger partial charge is 0.240 e. The highest BCUT2D eigenvalue weighted by Gasteiger charge is 2.42. The molecule has 3 aliphatic rings. The molecule has 2 fully saturated rings. The Bertz CT molecular complexity index is 1150. The number of benzene rings is 2. The van der Waals surface area contributed by atoms with E-state index in [-0.39, 0.29) is 36.6 Å². The quantitative estimate of drug-likeness (QED) is 0.570. The predicted octanol–water partition coefficient (Wildman–Crippen LogP) is 2.48. The second-order valence-electron chi connectivity index (χ2n) is 10.6. The van der Waals surface area contributed by atoms with Gasteiger partial charge >= 0.3 is 0 Å². The van der Waals surface area contributed by atoms with Gasteiger partial charge in [-0.05, 0) is 41.8 Å². The van der Waals surface area contributed by atoms with Crippen LogP contribution in [0.25, 0.3) is 0 Å². The minimum Gasteiger partial charge on any atom is -0.497 e. The second-order valence-corrected chi connectivity index (χ2v) is 10.6. The van der Waals surface area contributed by atoms with Crippen LogP contribution in [-0.2, 0) is 22.7 Å². The first-order valence-corrected chi connectivity index (χ1v) is 13.5. The number of fused-ring (bicyclic) bond motifs is 1. The van der Waals surface area contributed by atoms with Crippen molar-refractivity contribution in [3.63, 3.8) is 0 Å². The molecule has 38 heavy (non-hydrogen) atoms. The third-order valence-electron chi connectivity index (χ3n) is 7.62. The number of rotatable bonds is 8. The lowest BCUT2D eigenvalue weighted by atomic mass is 10.0. The highest BCUT2D eigenvalue weighted by Crippen LogP contribution is 2.34. The van der Waals surface area contributed by atoms with Crippen molar-refractivity contribution in [2.45, 2.75) is 45.4 Å². The number of nitrogens with one attached hydrogen (secondary N) is 1. The molecule has 0 aliphatic carbocycles. The monoisotopic (exact) mass is 522 g/mol. The van der Waals surface area contributed by atoms with Crippen molar-refractivity contribution in [3.05, 3.63) is 53.6 Å². The van der Waals surface area contributed by atoms with E-state index in [1.54, 1.807) is 7.11 Å². The summed E-state index contributed by atoms with van der Waals surface area (Å²) in [5.41, 5.74) is 2.07. The number of likely N-dealkylation sites (tertiary alicyclic amines) is 1. The van der Waals surface area contributed by atoms with E-state index >= 15 is 0 Å². The summed E-state index contributed by atoms with van der Waals surface area (Å²) in [6.07, 6.45) is 0.607. The third-order valence-corrected chi connectivity index (χ3v) is 7.62. The maximum absolute atomic E-state index is 13.8. The Balaban J connectivity index is 1.41. The van der Waals surface area contributed by atoms with Gasteiger partial charge in [0, 0.05) is 57.8 Å². The van der Waals surface area contributed by atoms with Gasteiger partial charge in [0.25, 0.3) is 0 Å². The van der Waals surface area contributed by atoms with Crippen LogP contribution in [0.2, 0.25) is 0 Å². The van der Waals surface area contributed by atoms with Crippen molar-refractivity contribution in [1.29, 1.82) is 0 Å². The van der Waals surface area contributed by atoms with Crippen molar-refractivity contribution < 1.29 is 23.8 Å². The zero-order valence-corrected chi connectivity index (χ0v) is 22.5. The maximum atomic E-state index is 13.8. The van der Waals surface area contributed by atoms with Gasteiger partial charge in [0.1, 0.15) is 5.75 Å². The SMILES string of the molecule is COc1cccc(CN(C(=O)C(C)C)C2CC(C(=O)N3CCNCC3)N(Cc3ccc4c(c3)OCO4)C2)c1. The third kappa shape index (κ3) is 5.73. The van der Waals surface area contributed by atoms with E-state index in [2.05, 4.69) is 10.2 Å². The van der Waals surface area contributed by atoms with Crippen LogP contribution in [0.5, 0.6) is 17.2 Å². The zero-order valence-electron chi connectivity index (χ0n) is 22.5. The fourth-order valence-corrected chi connectivity index (χ4v) is 5.59. The summed E-state index contributed by atoms with van der Waals surface area (Å²) in [4.78, 5) is 33.5. The lowest BCUT2D eigenvalue weighted by molar-refractivity contribution is -0.138. The van der Waals surface area contributed by atoms with Crippen molar-refractivity contribution >= 4 is 11.8 Å². The zero-order chi connectivity index (χ0) is 26.6. The lowest BCUT2D eigenvalue weighted by Crippen LogP contribution is -2.52. The Labute approximate surface area is 224 Å². The van der Waals surface area contributed by atoms with Gasteiger partial charge in [-0.2, -0.15) is 0 Å². The van der Waals surface area contributed by atoms with Gasteiger partial charge in [-0.3, -0.25) is 14.5 Å². The fraction of sp³-hybridized carbons (Fsp3) is 0.517. The molecule has 2 unspecified atom stereocenters. The van der Waals surface area contributed by atoms with E-state index < -0.39 is 0 Å². The number of amides is 2. The number of carbonyl (C=O) groups is 2. The Morgan fingerprint density at radius 3 is 2.63 bits per heavy atom. The summed E-state index contributed by atoms with van der Waals surface area (Å²) in [7, 11) is 1.65. The molecule has 2 saturated heterocycles. The summed E-state index contributed by atoms with van der Waals surface area (Å²) >= 11 is 0. The Hall–Kier alpha value is -3.30. The van der Waals surface area contributed by atoms with Crippen LogP contribution in [0.1, 0.15) is 31.4 Å². The number of carbonyl (C=O) groups excluding carboxylic acids is 2. The van der Waals surface area contributed by atoms with Crippen LogP contribution in [0, 0.1) is 5.92 Å². The van der Waals surface area contributed by atoms with E-state index in [9.17, 15) is 9.59 Å².